The molecule has 2 saturated carbocycles. The number of halogens is 7. The van der Waals surface area contributed by atoms with Gasteiger partial charge in [-0.25, -0.2) is 9.36 Å². The van der Waals surface area contributed by atoms with E-state index >= 15 is 0 Å². The summed E-state index contributed by atoms with van der Waals surface area (Å²) >= 11 is 6.05. The highest BCUT2D eigenvalue weighted by Gasteiger charge is 2.45. The number of piperidine rings is 2. The molecule has 0 amide bonds. The number of benzene rings is 2. The van der Waals surface area contributed by atoms with Crippen LogP contribution < -0.4 is 25.2 Å². The lowest BCUT2D eigenvalue weighted by molar-refractivity contribution is -0.138. The van der Waals surface area contributed by atoms with Gasteiger partial charge in [-0.15, -0.1) is 20.4 Å². The topological polar surface area (TPSA) is 153 Å². The van der Waals surface area contributed by atoms with E-state index in [4.69, 9.17) is 36.5 Å². The molecule has 15 nitrogen and oxygen atoms in total. The van der Waals surface area contributed by atoms with Crippen LogP contribution in [0.3, 0.4) is 0 Å². The number of aryl methyl sites for hydroxylation is 2. The van der Waals surface area contributed by atoms with Crippen LogP contribution in [0.2, 0.25) is 5.15 Å². The second kappa shape index (κ2) is 20.2. The van der Waals surface area contributed by atoms with Crippen molar-refractivity contribution in [1.29, 1.82) is 0 Å². The van der Waals surface area contributed by atoms with Crippen LogP contribution in [-0.4, -0.2) is 95.3 Å². The molecule has 6 aromatic rings. The second-order valence-corrected chi connectivity index (χ2v) is 20.8. The third-order valence-electron chi connectivity index (χ3n) is 15.9. The van der Waals surface area contributed by atoms with E-state index in [1.807, 2.05) is 21.5 Å². The molecule has 0 spiro atoms. The summed E-state index contributed by atoms with van der Waals surface area (Å²) in [4.78, 5) is 14.4. The number of nitrogens with zero attached hydrogens (tertiary/aromatic N) is 12. The normalized spacial score (nSPS) is 25.7. The molecule has 8 atom stereocenters. The number of methoxy groups -OCH3 is 1. The minimum atomic E-state index is -4.37. The van der Waals surface area contributed by atoms with Gasteiger partial charge in [0.15, 0.2) is 5.15 Å². The van der Waals surface area contributed by atoms with Crippen LogP contribution in [0.25, 0.3) is 0 Å². The van der Waals surface area contributed by atoms with Crippen LogP contribution in [0.4, 0.5) is 49.6 Å². The first-order valence-corrected chi connectivity index (χ1v) is 25.7. The van der Waals surface area contributed by atoms with E-state index in [-0.39, 0.29) is 23.9 Å². The zero-order chi connectivity index (χ0) is 50.4. The molecule has 3 unspecified atom stereocenters. The quantitative estimate of drug-likeness (QED) is 0.132. The van der Waals surface area contributed by atoms with Crippen LogP contribution in [0.5, 0.6) is 5.88 Å². The number of fused-ring (bicyclic) bond motifs is 6. The Labute approximate surface area is 423 Å². The lowest BCUT2D eigenvalue weighted by Crippen LogP contribution is -2.48. The van der Waals surface area contributed by atoms with Gasteiger partial charge in [0.2, 0.25) is 17.8 Å². The first-order chi connectivity index (χ1) is 35.2. The van der Waals surface area contributed by atoms with Crippen molar-refractivity contribution >= 4 is 34.9 Å². The highest BCUT2D eigenvalue weighted by molar-refractivity contribution is 6.29. The molecule has 2 N–H and O–H groups in total. The number of hydrogen-bond donors (Lipinski definition) is 2. The monoisotopic (exact) mass is 1030 g/mol. The van der Waals surface area contributed by atoms with Crippen LogP contribution in [-0.2, 0) is 25.4 Å². The Hall–Kier alpha value is -6.25. The van der Waals surface area contributed by atoms with Crippen molar-refractivity contribution in [2.24, 2.45) is 23.7 Å². The maximum absolute atomic E-state index is 13.4. The molecule has 2 saturated heterocycles. The third-order valence-corrected chi connectivity index (χ3v) is 16.1. The molecule has 2 aliphatic carbocycles. The molecule has 8 heterocycles. The summed E-state index contributed by atoms with van der Waals surface area (Å²) in [5.41, 5.74) is 2.04. The molecule has 22 heteroatoms. The first kappa shape index (κ1) is 49.0. The number of hydrogen-bond acceptors (Lipinski definition) is 13. The highest BCUT2D eigenvalue weighted by atomic mass is 35.5. The second-order valence-electron chi connectivity index (χ2n) is 20.4. The van der Waals surface area contributed by atoms with E-state index in [0.29, 0.717) is 57.7 Å². The molecule has 4 aliphatic heterocycles. The van der Waals surface area contributed by atoms with E-state index in [2.05, 4.69) is 40.8 Å². The van der Waals surface area contributed by atoms with Gasteiger partial charge in [0, 0.05) is 75.3 Å². The molecule has 73 heavy (non-hydrogen) atoms. The smallest absolute Gasteiger partial charge is 0.416 e. The number of nitrogens with one attached hydrogen (secondary N) is 2. The Morgan fingerprint density at radius 1 is 0.575 bits per heavy atom. The molecular weight excluding hydrogens is 974 g/mol. The van der Waals surface area contributed by atoms with Gasteiger partial charge in [0.05, 0.1) is 42.0 Å². The van der Waals surface area contributed by atoms with Crippen LogP contribution in [0.15, 0.2) is 73.1 Å². The average molecular weight is 1030 g/mol. The molecule has 386 valence electrons. The number of rotatable bonds is 9. The SMILES string of the molecule is COc1cc(N2C[C@H]3CC[C@@H](C2)C3Nc2nc3n(n2)CCCCC3c2cccc(C(F)(F)F)c2)cnn1.FC(F)(F)c1cccc([C@H]2CCCCn3nc(NC4[C@@H]5CC[C@H]4CN(c4cnnc(Cl)c4)C5)nc32)c1. The fourth-order valence-corrected chi connectivity index (χ4v) is 12.6. The lowest BCUT2D eigenvalue weighted by Gasteiger charge is -2.39. The summed E-state index contributed by atoms with van der Waals surface area (Å²) in [6, 6.07) is 15.6. The first-order valence-electron chi connectivity index (χ1n) is 25.4. The Bertz CT molecular complexity index is 2870. The zero-order valence-corrected chi connectivity index (χ0v) is 41.0. The van der Waals surface area contributed by atoms with Gasteiger partial charge >= 0.3 is 12.4 Å². The van der Waals surface area contributed by atoms with Crippen LogP contribution in [0, 0.1) is 23.7 Å². The lowest BCUT2D eigenvalue weighted by atomic mass is 9.92. The number of anilines is 4. The van der Waals surface area contributed by atoms with Crippen molar-refractivity contribution in [3.63, 3.8) is 0 Å². The van der Waals surface area contributed by atoms with Gasteiger partial charge in [-0.05, 0) is 98.3 Å². The predicted octanol–water partition coefficient (Wildman–Crippen LogP) is 10.1. The van der Waals surface area contributed by atoms with Crippen molar-refractivity contribution < 1.29 is 31.1 Å². The van der Waals surface area contributed by atoms with Gasteiger partial charge in [0.25, 0.3) is 0 Å². The van der Waals surface area contributed by atoms with Crippen molar-refractivity contribution in [2.75, 3.05) is 53.7 Å². The summed E-state index contributed by atoms with van der Waals surface area (Å²) in [5, 5.41) is 33.0. The number of ether oxygens (including phenoxy) is 1. The van der Waals surface area contributed by atoms with Crippen LogP contribution >= 0.6 is 11.6 Å². The Kier molecular flexibility index (Phi) is 13.6. The summed E-state index contributed by atoms with van der Waals surface area (Å²) in [6.07, 6.45) is 4.48. The van der Waals surface area contributed by atoms with Crippen molar-refractivity contribution in [3.05, 3.63) is 112 Å². The molecule has 2 aromatic carbocycles. The van der Waals surface area contributed by atoms with Crippen LogP contribution in [0.1, 0.15) is 110 Å². The molecule has 4 aromatic heterocycles. The average Bonchev–Trinajstić information content (AvgIpc) is 3.99. The van der Waals surface area contributed by atoms with E-state index in [0.717, 1.165) is 139 Å². The molecular formula is C51H57ClF6N14O. The van der Waals surface area contributed by atoms with Gasteiger partial charge in [-0.1, -0.05) is 60.8 Å². The van der Waals surface area contributed by atoms with Gasteiger partial charge in [-0.2, -0.15) is 46.5 Å². The molecule has 12 rings (SSSR count). The van der Waals surface area contributed by atoms with E-state index in [1.165, 1.54) is 24.3 Å². The predicted molar refractivity (Wildman–Crippen MR) is 262 cm³/mol. The van der Waals surface area contributed by atoms with E-state index in [1.54, 1.807) is 31.6 Å². The van der Waals surface area contributed by atoms with Crippen molar-refractivity contribution in [2.45, 2.75) is 114 Å². The van der Waals surface area contributed by atoms with Gasteiger partial charge in [-0.3, -0.25) is 0 Å². The Morgan fingerprint density at radius 2 is 1.03 bits per heavy atom. The van der Waals surface area contributed by atoms with Gasteiger partial charge < -0.3 is 25.2 Å². The minimum absolute atomic E-state index is 0.208. The number of aromatic nitrogens is 10. The zero-order valence-electron chi connectivity index (χ0n) is 40.3. The maximum Gasteiger partial charge on any atom is 0.416 e. The standard InChI is InChI=1S/C26H30F3N7O.C25H27ClF3N7/c1-37-22-12-20(13-30-33-22)35-14-17-8-9-18(15-35)23(17)31-25-32-24-21(7-2-3-10-36(24)34-25)16-5-4-6-19(11-16)26(27,28)29;26-21-11-19(12-30-33-21)35-13-16-7-8-17(14-35)22(16)31-24-32-23-20(6-1-2-9-36(23)34-24)15-4-3-5-18(10-15)25(27,28)29/h4-6,11-13,17-18,21,23H,2-3,7-10,14-15H2,1H3,(H,31,34);3-5,10-12,16-17,20,22H,1-2,6-9,13-14H2,(H,31,34)/t17-,18+,21?,23?;16-,17+,20-,22?/m.1/s1. The fourth-order valence-electron chi connectivity index (χ4n) is 12.4. The highest BCUT2D eigenvalue weighted by Crippen LogP contribution is 2.44. The molecule has 6 aliphatic rings. The van der Waals surface area contributed by atoms with Gasteiger partial charge in [0.1, 0.15) is 11.6 Å². The maximum atomic E-state index is 13.4. The third kappa shape index (κ3) is 10.5. The summed E-state index contributed by atoms with van der Waals surface area (Å²) in [5.74, 6) is 4.46. The summed E-state index contributed by atoms with van der Waals surface area (Å²) in [6.45, 7) is 5.00. The Morgan fingerprint density at radius 3 is 1.47 bits per heavy atom. The summed E-state index contributed by atoms with van der Waals surface area (Å²) < 4.78 is 89.2. The molecule has 4 bridgehead atoms. The van der Waals surface area contributed by atoms with Crippen molar-refractivity contribution in [3.8, 4) is 5.88 Å². The molecule has 0 radical (unpaired) electrons. The fraction of sp³-hybridized carbons (Fsp3) is 0.529. The Balaban J connectivity index is 0.000000157. The molecule has 4 fully saturated rings. The number of alkyl halides is 6. The largest absolute Gasteiger partial charge is 0.480 e. The minimum Gasteiger partial charge on any atom is -0.480 e. The van der Waals surface area contributed by atoms with E-state index < -0.39 is 23.5 Å². The van der Waals surface area contributed by atoms with Crippen molar-refractivity contribution in [1.82, 2.24) is 49.9 Å². The summed E-state index contributed by atoms with van der Waals surface area (Å²) in [7, 11) is 1.59. The van der Waals surface area contributed by atoms with E-state index in [9.17, 15) is 26.3 Å².